The molecule has 0 saturated heterocycles. The fourth-order valence-electron chi connectivity index (χ4n) is 1.83. The van der Waals surface area contributed by atoms with Crippen LogP contribution in [0.5, 0.6) is 0 Å². The Morgan fingerprint density at radius 2 is 1.73 bits per heavy atom. The third kappa shape index (κ3) is 2.37. The number of aromatic nitrogens is 2. The van der Waals surface area contributed by atoms with E-state index >= 15 is 0 Å². The van der Waals surface area contributed by atoms with Gasteiger partial charge in [-0.1, -0.05) is 6.07 Å². The number of halogens is 3. The van der Waals surface area contributed by atoms with Crippen molar-refractivity contribution in [1.82, 2.24) is 10.3 Å². The predicted molar refractivity (Wildman–Crippen MR) is 68.9 cm³/mol. The van der Waals surface area contributed by atoms with Gasteiger partial charge >= 0.3 is 0 Å². The molecular weight excluding hydrogens is 323 g/mol. The summed E-state index contributed by atoms with van der Waals surface area (Å²) < 4.78 is 70.6. The van der Waals surface area contributed by atoms with Gasteiger partial charge < -0.3 is 0 Å². The fourth-order valence-corrected chi connectivity index (χ4v) is 3.06. The maximum absolute atomic E-state index is 13.6. The Labute approximate surface area is 121 Å². The van der Waals surface area contributed by atoms with Crippen LogP contribution in [0.25, 0.3) is 11.0 Å². The standard InChI is InChI=1S/C12H6F3N3O3S/c13-6-4-7(14)11(8(15)5-6)18-22(19,20)10-3-1-2-9-12(10)17-21-16-9/h1-5,18H. The van der Waals surface area contributed by atoms with Crippen molar-refractivity contribution in [1.29, 1.82) is 0 Å². The quantitative estimate of drug-likeness (QED) is 0.798. The van der Waals surface area contributed by atoms with Crippen LogP contribution in [-0.2, 0) is 10.0 Å². The van der Waals surface area contributed by atoms with E-state index in [1.54, 1.807) is 4.72 Å². The Kier molecular flexibility index (Phi) is 3.24. The molecule has 1 heterocycles. The van der Waals surface area contributed by atoms with Gasteiger partial charge in [0, 0.05) is 12.1 Å². The molecule has 1 aromatic heterocycles. The largest absolute Gasteiger partial charge is 0.274 e. The number of nitrogens with one attached hydrogen (secondary N) is 1. The molecule has 0 aliphatic rings. The molecule has 0 bridgehead atoms. The van der Waals surface area contributed by atoms with Crippen molar-refractivity contribution < 1.29 is 26.2 Å². The van der Waals surface area contributed by atoms with E-state index in [4.69, 9.17) is 0 Å². The molecule has 0 saturated carbocycles. The second-order valence-corrected chi connectivity index (χ2v) is 5.89. The molecule has 0 unspecified atom stereocenters. The van der Waals surface area contributed by atoms with Crippen LogP contribution in [0, 0.1) is 17.5 Å². The predicted octanol–water partition coefficient (Wildman–Crippen LogP) is 2.44. The minimum absolute atomic E-state index is 0.0991. The number of benzene rings is 2. The van der Waals surface area contributed by atoms with Crippen molar-refractivity contribution in [2.45, 2.75) is 4.90 Å². The molecule has 0 fully saturated rings. The summed E-state index contributed by atoms with van der Waals surface area (Å²) in [6.07, 6.45) is 0. The normalized spacial score (nSPS) is 11.8. The summed E-state index contributed by atoms with van der Waals surface area (Å²) in [6, 6.07) is 4.69. The molecule has 0 atom stereocenters. The number of sulfonamides is 1. The zero-order valence-corrected chi connectivity index (χ0v) is 11.4. The molecule has 2 aromatic carbocycles. The van der Waals surface area contributed by atoms with Crippen LogP contribution in [0.1, 0.15) is 0 Å². The average molecular weight is 329 g/mol. The third-order valence-corrected chi connectivity index (χ3v) is 4.16. The number of hydrogen-bond acceptors (Lipinski definition) is 5. The van der Waals surface area contributed by atoms with Gasteiger partial charge in [0.1, 0.15) is 21.9 Å². The maximum Gasteiger partial charge on any atom is 0.264 e. The molecule has 22 heavy (non-hydrogen) atoms. The highest BCUT2D eigenvalue weighted by atomic mass is 32.2. The molecule has 0 spiro atoms. The van der Waals surface area contributed by atoms with Crippen LogP contribution in [0.2, 0.25) is 0 Å². The SMILES string of the molecule is O=S(=O)(Nc1c(F)cc(F)cc1F)c1cccc2nonc12. The van der Waals surface area contributed by atoms with Gasteiger partial charge in [-0.15, -0.1) is 0 Å². The Morgan fingerprint density at radius 3 is 2.41 bits per heavy atom. The Morgan fingerprint density at radius 1 is 1.05 bits per heavy atom. The van der Waals surface area contributed by atoms with Gasteiger partial charge in [-0.25, -0.2) is 26.2 Å². The van der Waals surface area contributed by atoms with Crippen LogP contribution in [-0.4, -0.2) is 18.7 Å². The van der Waals surface area contributed by atoms with Crippen LogP contribution in [0.3, 0.4) is 0 Å². The zero-order chi connectivity index (χ0) is 15.9. The molecule has 1 N–H and O–H groups in total. The van der Waals surface area contributed by atoms with Crippen LogP contribution >= 0.6 is 0 Å². The van der Waals surface area contributed by atoms with E-state index in [2.05, 4.69) is 14.9 Å². The van der Waals surface area contributed by atoms with E-state index in [0.29, 0.717) is 12.1 Å². The van der Waals surface area contributed by atoms with E-state index in [1.807, 2.05) is 0 Å². The second kappa shape index (κ2) is 4.98. The number of rotatable bonds is 3. The lowest BCUT2D eigenvalue weighted by Gasteiger charge is -2.10. The summed E-state index contributed by atoms with van der Waals surface area (Å²) in [6.45, 7) is 0. The molecule has 0 amide bonds. The van der Waals surface area contributed by atoms with E-state index in [-0.39, 0.29) is 15.9 Å². The molecular formula is C12H6F3N3O3S. The molecule has 3 rings (SSSR count). The van der Waals surface area contributed by atoms with E-state index < -0.39 is 33.2 Å². The Hall–Kier alpha value is -2.62. The highest BCUT2D eigenvalue weighted by Gasteiger charge is 2.24. The summed E-state index contributed by atoms with van der Waals surface area (Å²) in [5.41, 5.74) is -0.935. The smallest absolute Gasteiger partial charge is 0.264 e. The molecule has 0 aliphatic carbocycles. The number of hydrogen-bond donors (Lipinski definition) is 1. The monoisotopic (exact) mass is 329 g/mol. The summed E-state index contributed by atoms with van der Waals surface area (Å²) in [5.74, 6) is -3.93. The van der Waals surface area contributed by atoms with E-state index in [0.717, 1.165) is 6.07 Å². The molecule has 0 aliphatic heterocycles. The summed E-state index contributed by atoms with van der Waals surface area (Å²) in [7, 11) is -4.38. The Balaban J connectivity index is 2.10. The summed E-state index contributed by atoms with van der Waals surface area (Å²) >= 11 is 0. The highest BCUT2D eigenvalue weighted by Crippen LogP contribution is 2.26. The average Bonchev–Trinajstić information content (AvgIpc) is 2.90. The van der Waals surface area contributed by atoms with Gasteiger partial charge in [-0.3, -0.25) is 4.72 Å². The first kappa shape index (κ1) is 14.3. The highest BCUT2D eigenvalue weighted by molar-refractivity contribution is 7.93. The van der Waals surface area contributed by atoms with Crippen molar-refractivity contribution >= 4 is 26.7 Å². The lowest BCUT2D eigenvalue weighted by molar-refractivity contribution is 0.315. The van der Waals surface area contributed by atoms with Crippen molar-refractivity contribution in [2.24, 2.45) is 0 Å². The van der Waals surface area contributed by atoms with Gasteiger partial charge in [-0.2, -0.15) is 0 Å². The van der Waals surface area contributed by atoms with E-state index in [9.17, 15) is 21.6 Å². The summed E-state index contributed by atoms with van der Waals surface area (Å²) in [5, 5.41) is 6.90. The van der Waals surface area contributed by atoms with Gasteiger partial charge in [0.2, 0.25) is 0 Å². The van der Waals surface area contributed by atoms with Crippen molar-refractivity contribution in [2.75, 3.05) is 4.72 Å². The first-order chi connectivity index (χ1) is 10.4. The van der Waals surface area contributed by atoms with Crippen molar-refractivity contribution in [3.8, 4) is 0 Å². The molecule has 114 valence electrons. The lowest BCUT2D eigenvalue weighted by Crippen LogP contribution is -2.16. The first-order valence-corrected chi connectivity index (χ1v) is 7.25. The number of fused-ring (bicyclic) bond motifs is 1. The van der Waals surface area contributed by atoms with Crippen LogP contribution in [0.4, 0.5) is 18.9 Å². The number of anilines is 1. The lowest BCUT2D eigenvalue weighted by atomic mass is 10.3. The van der Waals surface area contributed by atoms with Gasteiger partial charge in [0.25, 0.3) is 10.0 Å². The molecule has 3 aromatic rings. The Bertz CT molecular complexity index is 949. The minimum atomic E-state index is -4.38. The first-order valence-electron chi connectivity index (χ1n) is 5.77. The van der Waals surface area contributed by atoms with Crippen molar-refractivity contribution in [3.05, 3.63) is 47.8 Å². The number of nitrogens with zero attached hydrogens (tertiary/aromatic N) is 2. The fraction of sp³-hybridized carbons (Fsp3) is 0. The molecule has 0 radical (unpaired) electrons. The van der Waals surface area contributed by atoms with Gasteiger partial charge in [0.15, 0.2) is 17.2 Å². The zero-order valence-electron chi connectivity index (χ0n) is 10.5. The minimum Gasteiger partial charge on any atom is -0.274 e. The van der Waals surface area contributed by atoms with Crippen molar-refractivity contribution in [3.63, 3.8) is 0 Å². The van der Waals surface area contributed by atoms with E-state index in [1.165, 1.54) is 12.1 Å². The summed E-state index contributed by atoms with van der Waals surface area (Å²) in [4.78, 5) is -0.380. The molecule has 10 heteroatoms. The van der Waals surface area contributed by atoms with Crippen LogP contribution < -0.4 is 4.72 Å². The molecule has 6 nitrogen and oxygen atoms in total. The topological polar surface area (TPSA) is 85.1 Å². The van der Waals surface area contributed by atoms with Crippen LogP contribution in [0.15, 0.2) is 39.9 Å². The maximum atomic E-state index is 13.6. The van der Waals surface area contributed by atoms with Gasteiger partial charge in [-0.05, 0) is 22.4 Å². The van der Waals surface area contributed by atoms with Gasteiger partial charge in [0.05, 0.1) is 0 Å². The third-order valence-electron chi connectivity index (χ3n) is 2.78. The second-order valence-electron chi connectivity index (χ2n) is 4.24.